The Kier molecular flexibility index (Phi) is 6.49. The van der Waals surface area contributed by atoms with Gasteiger partial charge in [0.25, 0.3) is 0 Å². The summed E-state index contributed by atoms with van der Waals surface area (Å²) in [4.78, 5) is 16.4. The van der Waals surface area contributed by atoms with Crippen molar-refractivity contribution in [2.24, 2.45) is 0 Å². The zero-order chi connectivity index (χ0) is 21.0. The largest absolute Gasteiger partial charge is 0.507 e. The summed E-state index contributed by atoms with van der Waals surface area (Å²) in [7, 11) is 0. The Hall–Kier alpha value is -2.93. The molecule has 1 heterocycles. The van der Waals surface area contributed by atoms with Crippen LogP contribution in [0.15, 0.2) is 34.7 Å². The number of carbonyl (C=O) groups is 1. The molecular formula is C22H25N3O3S. The van der Waals surface area contributed by atoms with Crippen LogP contribution >= 0.6 is 12.2 Å². The standard InChI is InChI=1S/C22H25N3O3S/c1-4-6-7-19(26)25-22(29)23-15-10-13(3)20(27)16(12-15)21-24-17-11-14(5-2)8-9-18(17)28-21/h8-12,27H,4-7H2,1-3H3,(H2,23,25,26,29). The molecule has 0 fully saturated rings. The van der Waals surface area contributed by atoms with Crippen molar-refractivity contribution in [3.63, 3.8) is 0 Å². The fraction of sp³-hybridized carbons (Fsp3) is 0.318. The molecule has 0 bridgehead atoms. The van der Waals surface area contributed by atoms with E-state index in [1.807, 2.05) is 25.1 Å². The fourth-order valence-corrected chi connectivity index (χ4v) is 3.24. The Morgan fingerprint density at radius 1 is 1.24 bits per heavy atom. The Bertz CT molecular complexity index is 1060. The molecule has 3 N–H and O–H groups in total. The number of hydrogen-bond donors (Lipinski definition) is 3. The average Bonchev–Trinajstić information content (AvgIpc) is 3.11. The number of nitrogens with zero attached hydrogens (tertiary/aromatic N) is 1. The molecule has 0 saturated carbocycles. The summed E-state index contributed by atoms with van der Waals surface area (Å²) < 4.78 is 5.86. The molecule has 0 saturated heterocycles. The molecule has 0 aliphatic heterocycles. The number of phenols is 1. The van der Waals surface area contributed by atoms with Crippen LogP contribution in [0.5, 0.6) is 5.75 Å². The van der Waals surface area contributed by atoms with Gasteiger partial charge < -0.3 is 20.2 Å². The highest BCUT2D eigenvalue weighted by molar-refractivity contribution is 7.80. The Morgan fingerprint density at radius 3 is 2.76 bits per heavy atom. The smallest absolute Gasteiger partial charge is 0.231 e. The highest BCUT2D eigenvalue weighted by atomic mass is 32.1. The molecule has 7 heteroatoms. The van der Waals surface area contributed by atoms with E-state index >= 15 is 0 Å². The second-order valence-corrected chi connectivity index (χ2v) is 7.38. The van der Waals surface area contributed by atoms with Crippen molar-refractivity contribution in [2.45, 2.75) is 46.5 Å². The van der Waals surface area contributed by atoms with Crippen LogP contribution in [0.2, 0.25) is 0 Å². The Balaban J connectivity index is 1.86. The SMILES string of the molecule is CCCCC(=O)NC(=S)Nc1cc(C)c(O)c(-c2nc3cc(CC)ccc3o2)c1. The molecule has 1 amide bonds. The van der Waals surface area contributed by atoms with Gasteiger partial charge in [-0.3, -0.25) is 4.79 Å². The molecule has 0 unspecified atom stereocenters. The second kappa shape index (κ2) is 9.05. The third-order valence-electron chi connectivity index (χ3n) is 4.66. The predicted molar refractivity (Wildman–Crippen MR) is 119 cm³/mol. The van der Waals surface area contributed by atoms with Gasteiger partial charge in [0.1, 0.15) is 11.3 Å². The van der Waals surface area contributed by atoms with Crippen molar-refractivity contribution < 1.29 is 14.3 Å². The van der Waals surface area contributed by atoms with E-state index in [4.69, 9.17) is 16.6 Å². The number of oxazole rings is 1. The summed E-state index contributed by atoms with van der Waals surface area (Å²) in [6.45, 7) is 5.89. The number of anilines is 1. The van der Waals surface area contributed by atoms with Gasteiger partial charge in [-0.25, -0.2) is 4.98 Å². The average molecular weight is 412 g/mol. The normalized spacial score (nSPS) is 10.9. The van der Waals surface area contributed by atoms with Crippen LogP contribution < -0.4 is 10.6 Å². The first-order valence-corrected chi connectivity index (χ1v) is 10.2. The molecule has 3 aromatic rings. The summed E-state index contributed by atoms with van der Waals surface area (Å²) in [5.74, 6) is 0.303. The van der Waals surface area contributed by atoms with Gasteiger partial charge in [0, 0.05) is 12.1 Å². The molecule has 0 spiro atoms. The highest BCUT2D eigenvalue weighted by Crippen LogP contribution is 2.36. The molecule has 2 aromatic carbocycles. The lowest BCUT2D eigenvalue weighted by atomic mass is 10.1. The number of benzene rings is 2. The minimum atomic E-state index is -0.120. The van der Waals surface area contributed by atoms with E-state index in [1.165, 1.54) is 0 Å². The van der Waals surface area contributed by atoms with E-state index in [-0.39, 0.29) is 16.8 Å². The summed E-state index contributed by atoms with van der Waals surface area (Å²) >= 11 is 5.23. The molecule has 1 aromatic heterocycles. The molecule has 0 aliphatic rings. The number of rotatable bonds is 6. The highest BCUT2D eigenvalue weighted by Gasteiger charge is 2.16. The lowest BCUT2D eigenvalue weighted by Gasteiger charge is -2.12. The topological polar surface area (TPSA) is 87.4 Å². The van der Waals surface area contributed by atoms with Crippen molar-refractivity contribution in [2.75, 3.05) is 5.32 Å². The third kappa shape index (κ3) is 4.92. The summed E-state index contributed by atoms with van der Waals surface area (Å²) in [5, 5.41) is 16.4. The fourth-order valence-electron chi connectivity index (χ4n) is 3.01. The van der Waals surface area contributed by atoms with Crippen LogP contribution in [0.25, 0.3) is 22.6 Å². The number of amides is 1. The predicted octanol–water partition coefficient (Wildman–Crippen LogP) is 5.07. The van der Waals surface area contributed by atoms with Gasteiger partial charge >= 0.3 is 0 Å². The summed E-state index contributed by atoms with van der Waals surface area (Å²) in [6, 6.07) is 9.33. The molecule has 152 valence electrons. The number of aromatic nitrogens is 1. The lowest BCUT2D eigenvalue weighted by molar-refractivity contribution is -0.119. The molecule has 0 radical (unpaired) electrons. The number of unbranched alkanes of at least 4 members (excludes halogenated alkanes) is 1. The quantitative estimate of drug-likeness (QED) is 0.388. The van der Waals surface area contributed by atoms with E-state index < -0.39 is 0 Å². The Morgan fingerprint density at radius 2 is 2.03 bits per heavy atom. The van der Waals surface area contributed by atoms with Gasteiger partial charge in [-0.1, -0.05) is 26.3 Å². The second-order valence-electron chi connectivity index (χ2n) is 6.97. The zero-order valence-electron chi connectivity index (χ0n) is 16.8. The van der Waals surface area contributed by atoms with E-state index in [2.05, 4.69) is 22.5 Å². The minimum absolute atomic E-state index is 0.0933. The van der Waals surface area contributed by atoms with Crippen molar-refractivity contribution in [1.29, 1.82) is 0 Å². The summed E-state index contributed by atoms with van der Waals surface area (Å²) in [6.07, 6.45) is 3.09. The number of nitrogens with one attached hydrogen (secondary N) is 2. The monoisotopic (exact) mass is 411 g/mol. The maximum atomic E-state index is 11.9. The molecule has 0 atom stereocenters. The van der Waals surface area contributed by atoms with Crippen molar-refractivity contribution in [3.8, 4) is 17.2 Å². The zero-order valence-corrected chi connectivity index (χ0v) is 17.7. The van der Waals surface area contributed by atoms with E-state index in [0.717, 1.165) is 30.3 Å². The maximum Gasteiger partial charge on any atom is 0.231 e. The number of carbonyl (C=O) groups excluding carboxylic acids is 1. The number of phenolic OH excluding ortho intramolecular Hbond substituents is 1. The maximum absolute atomic E-state index is 11.9. The van der Waals surface area contributed by atoms with E-state index in [9.17, 15) is 9.90 Å². The first kappa shape index (κ1) is 20.8. The molecule has 0 aliphatic carbocycles. The van der Waals surface area contributed by atoms with E-state index in [0.29, 0.717) is 34.7 Å². The van der Waals surface area contributed by atoms with Gasteiger partial charge in [-0.05, 0) is 67.4 Å². The number of hydrogen-bond acceptors (Lipinski definition) is 5. The van der Waals surface area contributed by atoms with E-state index in [1.54, 1.807) is 19.1 Å². The first-order valence-electron chi connectivity index (χ1n) is 9.75. The third-order valence-corrected chi connectivity index (χ3v) is 4.86. The van der Waals surface area contributed by atoms with Gasteiger partial charge in [0.15, 0.2) is 10.7 Å². The van der Waals surface area contributed by atoms with Crippen LogP contribution in [0.4, 0.5) is 5.69 Å². The van der Waals surface area contributed by atoms with Gasteiger partial charge in [0.2, 0.25) is 11.8 Å². The molecule has 3 rings (SSSR count). The molecule has 29 heavy (non-hydrogen) atoms. The van der Waals surface area contributed by atoms with Crippen molar-refractivity contribution in [1.82, 2.24) is 10.3 Å². The van der Waals surface area contributed by atoms with Gasteiger partial charge in [-0.2, -0.15) is 0 Å². The van der Waals surface area contributed by atoms with Crippen LogP contribution in [-0.4, -0.2) is 21.1 Å². The number of aryl methyl sites for hydroxylation is 2. The molecule has 6 nitrogen and oxygen atoms in total. The minimum Gasteiger partial charge on any atom is -0.507 e. The van der Waals surface area contributed by atoms with Crippen LogP contribution in [0, 0.1) is 6.92 Å². The molecular weight excluding hydrogens is 386 g/mol. The van der Waals surface area contributed by atoms with Crippen LogP contribution in [0.1, 0.15) is 44.2 Å². The van der Waals surface area contributed by atoms with Crippen molar-refractivity contribution >= 4 is 40.0 Å². The Labute approximate surface area is 175 Å². The lowest BCUT2D eigenvalue weighted by Crippen LogP contribution is -2.33. The number of aromatic hydroxyl groups is 1. The number of thiocarbonyl (C=S) groups is 1. The first-order chi connectivity index (χ1) is 13.9. The van der Waals surface area contributed by atoms with Gasteiger partial charge in [0.05, 0.1) is 5.56 Å². The summed E-state index contributed by atoms with van der Waals surface area (Å²) in [5.41, 5.74) is 4.30. The number of fused-ring (bicyclic) bond motifs is 1. The van der Waals surface area contributed by atoms with Crippen molar-refractivity contribution in [3.05, 3.63) is 41.5 Å². The van der Waals surface area contributed by atoms with Crippen LogP contribution in [-0.2, 0) is 11.2 Å². The van der Waals surface area contributed by atoms with Gasteiger partial charge in [-0.15, -0.1) is 0 Å². The van der Waals surface area contributed by atoms with Crippen LogP contribution in [0.3, 0.4) is 0 Å².